The van der Waals surface area contributed by atoms with E-state index in [0.717, 1.165) is 16.6 Å². The standard InChI is InChI=1S/C13H12BrN3O/c14-6-10-1-2-13(11(5-10)7-15)17-3-4-18-12(8-16)9-17/h1-2,5,12H,3-4,6,9H2. The van der Waals surface area contributed by atoms with Crippen molar-refractivity contribution in [2.75, 3.05) is 24.6 Å². The number of morpholine rings is 1. The Kier molecular flexibility index (Phi) is 4.19. The van der Waals surface area contributed by atoms with Crippen LogP contribution in [0.5, 0.6) is 0 Å². The summed E-state index contributed by atoms with van der Waals surface area (Å²) in [7, 11) is 0. The number of anilines is 1. The number of ether oxygens (including phenoxy) is 1. The number of benzene rings is 1. The first-order chi connectivity index (χ1) is 8.78. The first-order valence-corrected chi connectivity index (χ1v) is 6.75. The minimum atomic E-state index is -0.416. The Hall–Kier alpha value is -1.56. The first kappa shape index (κ1) is 12.9. The Bertz CT molecular complexity index is 518. The number of rotatable bonds is 2. The molecule has 1 fully saturated rings. The van der Waals surface area contributed by atoms with Crippen LogP contribution in [0.1, 0.15) is 11.1 Å². The molecule has 0 N–H and O–H groups in total. The summed E-state index contributed by atoms with van der Waals surface area (Å²) in [5.41, 5.74) is 2.59. The van der Waals surface area contributed by atoms with E-state index in [-0.39, 0.29) is 0 Å². The summed E-state index contributed by atoms with van der Waals surface area (Å²) in [5.74, 6) is 0. The molecule has 1 aliphatic rings. The monoisotopic (exact) mass is 305 g/mol. The van der Waals surface area contributed by atoms with Crippen LogP contribution in [-0.4, -0.2) is 25.8 Å². The van der Waals surface area contributed by atoms with Crippen LogP contribution in [0.3, 0.4) is 0 Å². The van der Waals surface area contributed by atoms with Crippen LogP contribution in [0.4, 0.5) is 5.69 Å². The molecule has 1 aromatic rings. The Morgan fingerprint density at radius 2 is 2.28 bits per heavy atom. The van der Waals surface area contributed by atoms with E-state index in [0.29, 0.717) is 25.3 Å². The van der Waals surface area contributed by atoms with Crippen molar-refractivity contribution in [2.45, 2.75) is 11.4 Å². The molecular formula is C13H12BrN3O. The lowest BCUT2D eigenvalue weighted by molar-refractivity contribution is 0.0764. The van der Waals surface area contributed by atoms with E-state index in [4.69, 9.17) is 10.00 Å². The van der Waals surface area contributed by atoms with Gasteiger partial charge in [0.25, 0.3) is 0 Å². The zero-order valence-electron chi connectivity index (χ0n) is 9.77. The molecule has 1 atom stereocenters. The SMILES string of the molecule is N#Cc1cc(CBr)ccc1N1CCOC(C#N)C1. The van der Waals surface area contributed by atoms with Crippen molar-refractivity contribution in [3.05, 3.63) is 29.3 Å². The Labute approximate surface area is 115 Å². The quantitative estimate of drug-likeness (QED) is 0.786. The van der Waals surface area contributed by atoms with Gasteiger partial charge in [-0.25, -0.2) is 0 Å². The van der Waals surface area contributed by atoms with E-state index in [1.807, 2.05) is 23.1 Å². The number of hydrogen-bond donors (Lipinski definition) is 0. The average molecular weight is 306 g/mol. The second-order valence-electron chi connectivity index (χ2n) is 4.03. The van der Waals surface area contributed by atoms with Gasteiger partial charge < -0.3 is 9.64 Å². The summed E-state index contributed by atoms with van der Waals surface area (Å²) in [6.07, 6.45) is -0.416. The first-order valence-electron chi connectivity index (χ1n) is 5.63. The third kappa shape index (κ3) is 2.64. The predicted molar refractivity (Wildman–Crippen MR) is 71.4 cm³/mol. The van der Waals surface area contributed by atoms with Crippen molar-refractivity contribution >= 4 is 21.6 Å². The van der Waals surface area contributed by atoms with Crippen LogP contribution >= 0.6 is 15.9 Å². The molecule has 0 amide bonds. The van der Waals surface area contributed by atoms with Gasteiger partial charge in [0.05, 0.1) is 30.5 Å². The largest absolute Gasteiger partial charge is 0.364 e. The second-order valence-corrected chi connectivity index (χ2v) is 4.59. The molecular weight excluding hydrogens is 294 g/mol. The van der Waals surface area contributed by atoms with Crippen LogP contribution in [0.15, 0.2) is 18.2 Å². The van der Waals surface area contributed by atoms with Gasteiger partial charge in [0.15, 0.2) is 6.10 Å². The van der Waals surface area contributed by atoms with Gasteiger partial charge in [-0.3, -0.25) is 0 Å². The van der Waals surface area contributed by atoms with Gasteiger partial charge >= 0.3 is 0 Å². The Morgan fingerprint density at radius 3 is 2.94 bits per heavy atom. The van der Waals surface area contributed by atoms with Gasteiger partial charge in [-0.15, -0.1) is 0 Å². The van der Waals surface area contributed by atoms with Gasteiger partial charge in [0.1, 0.15) is 6.07 Å². The highest BCUT2D eigenvalue weighted by atomic mass is 79.9. The van der Waals surface area contributed by atoms with Crippen LogP contribution in [0.2, 0.25) is 0 Å². The molecule has 0 spiro atoms. The van der Waals surface area contributed by atoms with Crippen molar-refractivity contribution in [3.63, 3.8) is 0 Å². The topological polar surface area (TPSA) is 60.1 Å². The van der Waals surface area contributed by atoms with E-state index in [1.165, 1.54) is 0 Å². The molecule has 4 nitrogen and oxygen atoms in total. The number of alkyl halides is 1. The fraction of sp³-hybridized carbons (Fsp3) is 0.385. The van der Waals surface area contributed by atoms with E-state index in [2.05, 4.69) is 28.1 Å². The van der Waals surface area contributed by atoms with Gasteiger partial charge in [0.2, 0.25) is 0 Å². The maximum absolute atomic E-state index is 9.20. The maximum Gasteiger partial charge on any atom is 0.161 e. The van der Waals surface area contributed by atoms with Crippen molar-refractivity contribution in [1.82, 2.24) is 0 Å². The van der Waals surface area contributed by atoms with Crippen molar-refractivity contribution in [1.29, 1.82) is 10.5 Å². The minimum absolute atomic E-state index is 0.416. The van der Waals surface area contributed by atoms with Crippen molar-refractivity contribution < 1.29 is 4.74 Å². The molecule has 0 radical (unpaired) electrons. The molecule has 1 unspecified atom stereocenters. The Balaban J connectivity index is 2.28. The molecule has 5 heteroatoms. The highest BCUT2D eigenvalue weighted by Crippen LogP contribution is 2.24. The Morgan fingerprint density at radius 1 is 1.44 bits per heavy atom. The second kappa shape index (κ2) is 5.86. The third-order valence-electron chi connectivity index (χ3n) is 2.89. The molecule has 0 saturated carbocycles. The van der Waals surface area contributed by atoms with Gasteiger partial charge in [0, 0.05) is 11.9 Å². The number of hydrogen-bond acceptors (Lipinski definition) is 4. The summed E-state index contributed by atoms with van der Waals surface area (Å²) in [4.78, 5) is 2.04. The maximum atomic E-state index is 9.20. The molecule has 0 aliphatic carbocycles. The van der Waals surface area contributed by atoms with Gasteiger partial charge in [-0.05, 0) is 17.7 Å². The van der Waals surface area contributed by atoms with Gasteiger partial charge in [-0.2, -0.15) is 10.5 Å². The fourth-order valence-electron chi connectivity index (χ4n) is 1.98. The van der Waals surface area contributed by atoms with E-state index in [1.54, 1.807) is 0 Å². The molecule has 1 heterocycles. The van der Waals surface area contributed by atoms with E-state index >= 15 is 0 Å². The number of nitrogens with zero attached hydrogens (tertiary/aromatic N) is 3. The zero-order chi connectivity index (χ0) is 13.0. The average Bonchev–Trinajstić information content (AvgIpc) is 2.46. The van der Waals surface area contributed by atoms with Crippen LogP contribution in [-0.2, 0) is 10.1 Å². The molecule has 92 valence electrons. The lowest BCUT2D eigenvalue weighted by atomic mass is 10.1. The van der Waals surface area contributed by atoms with Crippen molar-refractivity contribution in [2.24, 2.45) is 0 Å². The summed E-state index contributed by atoms with van der Waals surface area (Å²) >= 11 is 3.38. The highest BCUT2D eigenvalue weighted by molar-refractivity contribution is 9.08. The molecule has 0 bridgehead atoms. The molecule has 1 aromatic carbocycles. The number of halogens is 1. The fourth-order valence-corrected chi connectivity index (χ4v) is 2.33. The normalized spacial score (nSPS) is 19.1. The van der Waals surface area contributed by atoms with E-state index in [9.17, 15) is 5.26 Å². The summed E-state index contributed by atoms with van der Waals surface area (Å²) in [6, 6.07) is 10.1. The molecule has 1 saturated heterocycles. The van der Waals surface area contributed by atoms with E-state index < -0.39 is 6.10 Å². The number of nitriles is 2. The predicted octanol–water partition coefficient (Wildman–Crippen LogP) is 2.18. The van der Waals surface area contributed by atoms with Gasteiger partial charge in [-0.1, -0.05) is 22.0 Å². The zero-order valence-corrected chi connectivity index (χ0v) is 11.4. The lowest BCUT2D eigenvalue weighted by Crippen LogP contribution is -2.42. The molecule has 1 aliphatic heterocycles. The third-order valence-corrected chi connectivity index (χ3v) is 3.53. The highest BCUT2D eigenvalue weighted by Gasteiger charge is 2.22. The van der Waals surface area contributed by atoms with Crippen molar-refractivity contribution in [3.8, 4) is 12.1 Å². The van der Waals surface area contributed by atoms with Crippen LogP contribution in [0, 0.1) is 22.7 Å². The molecule has 2 rings (SSSR count). The minimum Gasteiger partial charge on any atom is -0.364 e. The molecule has 0 aromatic heterocycles. The summed E-state index contributed by atoms with van der Waals surface area (Å²) in [5, 5.41) is 18.8. The molecule has 18 heavy (non-hydrogen) atoms. The summed E-state index contributed by atoms with van der Waals surface area (Å²) < 4.78 is 5.30. The van der Waals surface area contributed by atoms with Crippen LogP contribution in [0.25, 0.3) is 0 Å². The van der Waals surface area contributed by atoms with Crippen LogP contribution < -0.4 is 4.90 Å². The summed E-state index contributed by atoms with van der Waals surface area (Å²) in [6.45, 7) is 1.74. The lowest BCUT2D eigenvalue weighted by Gasteiger charge is -2.32. The smallest absolute Gasteiger partial charge is 0.161 e.